The fraction of sp³-hybridized carbons (Fsp3) is 0.452. The quantitative estimate of drug-likeness (QED) is 0.423. The molecule has 34 heavy (non-hydrogen) atoms. The summed E-state index contributed by atoms with van der Waals surface area (Å²) in [5.74, 6) is 1.02. The molecule has 3 nitrogen and oxygen atoms in total. The van der Waals surface area contributed by atoms with E-state index in [1.54, 1.807) is 6.07 Å². The second-order valence-corrected chi connectivity index (χ2v) is 12.0. The zero-order valence-corrected chi connectivity index (χ0v) is 21.8. The summed E-state index contributed by atoms with van der Waals surface area (Å²) in [7, 11) is 0. The summed E-state index contributed by atoms with van der Waals surface area (Å²) in [6, 6.07) is 18.7. The Morgan fingerprint density at radius 2 is 1.56 bits per heavy atom. The van der Waals surface area contributed by atoms with E-state index in [9.17, 15) is 4.79 Å². The average molecular weight is 458 g/mol. The molecular weight excluding hydrogens is 418 g/mol. The normalized spacial score (nSPS) is 16.7. The van der Waals surface area contributed by atoms with E-state index in [0.717, 1.165) is 12.2 Å². The van der Waals surface area contributed by atoms with Crippen molar-refractivity contribution in [3.63, 3.8) is 0 Å². The standard InChI is InChI=1S/C31H39NO2/c1-21-17-25-26(30(4,5)16-15-29(25,2)3)19-23(21)18-24-13-14-27(34-24)28(33)32-31(6,7)20-22-11-9-8-10-12-22/h8-14,17,19H,15-16,18,20H2,1-7H3,(H,32,33). The number of carbonyl (C=O) groups excluding carboxylic acids is 1. The number of furan rings is 1. The lowest BCUT2D eigenvalue weighted by atomic mass is 9.62. The third-order valence-electron chi connectivity index (χ3n) is 7.50. The third kappa shape index (κ3) is 5.14. The molecule has 0 saturated carbocycles. The predicted octanol–water partition coefficient (Wildman–Crippen LogP) is 7.28. The molecule has 3 aromatic rings. The fourth-order valence-corrected chi connectivity index (χ4v) is 5.26. The van der Waals surface area contributed by atoms with Crippen molar-refractivity contribution in [2.75, 3.05) is 0 Å². The van der Waals surface area contributed by atoms with Gasteiger partial charge in [0.2, 0.25) is 0 Å². The number of carbonyl (C=O) groups is 1. The van der Waals surface area contributed by atoms with Crippen molar-refractivity contribution in [1.29, 1.82) is 0 Å². The molecule has 4 rings (SSSR count). The van der Waals surface area contributed by atoms with Crippen LogP contribution in [0.25, 0.3) is 0 Å². The van der Waals surface area contributed by atoms with E-state index in [4.69, 9.17) is 4.42 Å². The molecule has 0 spiro atoms. The summed E-state index contributed by atoms with van der Waals surface area (Å²) < 4.78 is 6.03. The molecule has 1 N–H and O–H groups in total. The molecule has 1 amide bonds. The van der Waals surface area contributed by atoms with Crippen molar-refractivity contribution >= 4 is 5.91 Å². The van der Waals surface area contributed by atoms with Crippen molar-refractivity contribution in [3.05, 3.63) is 93.9 Å². The Morgan fingerprint density at radius 3 is 2.21 bits per heavy atom. The Morgan fingerprint density at radius 1 is 0.941 bits per heavy atom. The summed E-state index contributed by atoms with van der Waals surface area (Å²) in [6.45, 7) is 15.7. The second-order valence-electron chi connectivity index (χ2n) is 12.0. The van der Waals surface area contributed by atoms with E-state index < -0.39 is 0 Å². The molecule has 0 fully saturated rings. The highest BCUT2D eigenvalue weighted by Crippen LogP contribution is 2.46. The monoisotopic (exact) mass is 457 g/mol. The lowest BCUT2D eigenvalue weighted by molar-refractivity contribution is 0.0883. The highest BCUT2D eigenvalue weighted by molar-refractivity contribution is 5.92. The summed E-state index contributed by atoms with van der Waals surface area (Å²) in [6.07, 6.45) is 3.85. The van der Waals surface area contributed by atoms with Gasteiger partial charge in [0.25, 0.3) is 5.91 Å². The van der Waals surface area contributed by atoms with Gasteiger partial charge in [0.15, 0.2) is 5.76 Å². The van der Waals surface area contributed by atoms with E-state index in [1.807, 2.05) is 38.1 Å². The van der Waals surface area contributed by atoms with Crippen LogP contribution in [0.2, 0.25) is 0 Å². The summed E-state index contributed by atoms with van der Waals surface area (Å²) in [4.78, 5) is 12.9. The minimum Gasteiger partial charge on any atom is -0.456 e. The van der Waals surface area contributed by atoms with Crippen LogP contribution in [-0.2, 0) is 23.7 Å². The summed E-state index contributed by atoms with van der Waals surface area (Å²) in [5, 5.41) is 3.14. The number of aryl methyl sites for hydroxylation is 1. The van der Waals surface area contributed by atoms with Gasteiger partial charge in [-0.15, -0.1) is 0 Å². The zero-order valence-electron chi connectivity index (χ0n) is 21.8. The van der Waals surface area contributed by atoms with Crippen molar-refractivity contribution in [2.24, 2.45) is 0 Å². The number of nitrogens with one attached hydrogen (secondary N) is 1. The lowest BCUT2D eigenvalue weighted by Crippen LogP contribution is -2.45. The number of hydrogen-bond donors (Lipinski definition) is 1. The molecule has 3 heteroatoms. The van der Waals surface area contributed by atoms with E-state index in [-0.39, 0.29) is 22.3 Å². The highest BCUT2D eigenvalue weighted by Gasteiger charge is 2.37. The van der Waals surface area contributed by atoms with Crippen LogP contribution in [0.3, 0.4) is 0 Å². The maximum atomic E-state index is 12.9. The first-order valence-electron chi connectivity index (χ1n) is 12.5. The molecule has 0 saturated heterocycles. The Hall–Kier alpha value is -2.81. The van der Waals surface area contributed by atoms with Gasteiger partial charge in [0.05, 0.1) is 0 Å². The van der Waals surface area contributed by atoms with E-state index in [1.165, 1.54) is 40.7 Å². The molecule has 0 unspecified atom stereocenters. The van der Waals surface area contributed by atoms with Crippen molar-refractivity contribution in [3.8, 4) is 0 Å². The number of rotatable bonds is 6. The molecule has 180 valence electrons. The molecule has 1 aliphatic rings. The topological polar surface area (TPSA) is 42.2 Å². The molecule has 1 aromatic heterocycles. The molecule has 0 atom stereocenters. The number of amides is 1. The van der Waals surface area contributed by atoms with Crippen LogP contribution >= 0.6 is 0 Å². The van der Waals surface area contributed by atoms with Gasteiger partial charge in [-0.25, -0.2) is 0 Å². The molecule has 0 radical (unpaired) electrons. The zero-order chi connectivity index (χ0) is 24.7. The van der Waals surface area contributed by atoms with E-state index >= 15 is 0 Å². The van der Waals surface area contributed by atoms with Gasteiger partial charge in [0.1, 0.15) is 5.76 Å². The van der Waals surface area contributed by atoms with Crippen LogP contribution in [-0.4, -0.2) is 11.4 Å². The molecular formula is C31H39NO2. The largest absolute Gasteiger partial charge is 0.456 e. The Labute approximate surface area is 205 Å². The SMILES string of the molecule is Cc1cc2c(cc1Cc1ccc(C(=O)NC(C)(C)Cc3ccccc3)o1)C(C)(C)CCC2(C)C. The van der Waals surface area contributed by atoms with Crippen molar-refractivity contribution in [2.45, 2.75) is 90.5 Å². The van der Waals surface area contributed by atoms with E-state index in [2.05, 4.69) is 64.2 Å². The van der Waals surface area contributed by atoms with Crippen LogP contribution in [0.5, 0.6) is 0 Å². The molecule has 1 aliphatic carbocycles. The molecule has 1 heterocycles. The van der Waals surface area contributed by atoms with Crippen LogP contribution < -0.4 is 5.32 Å². The minimum atomic E-state index is -0.376. The Bertz CT molecular complexity index is 1180. The molecule has 2 aromatic carbocycles. The lowest BCUT2D eigenvalue weighted by Gasteiger charge is -2.42. The number of fused-ring (bicyclic) bond motifs is 1. The van der Waals surface area contributed by atoms with Gasteiger partial charge in [-0.1, -0.05) is 70.2 Å². The van der Waals surface area contributed by atoms with Gasteiger partial charge in [-0.3, -0.25) is 4.79 Å². The first kappa shape index (κ1) is 24.3. The van der Waals surface area contributed by atoms with Gasteiger partial charge < -0.3 is 9.73 Å². The maximum absolute atomic E-state index is 12.9. The van der Waals surface area contributed by atoms with Crippen LogP contribution in [0, 0.1) is 6.92 Å². The smallest absolute Gasteiger partial charge is 0.287 e. The third-order valence-corrected chi connectivity index (χ3v) is 7.50. The van der Waals surface area contributed by atoms with Crippen LogP contribution in [0.15, 0.2) is 59.0 Å². The van der Waals surface area contributed by atoms with Gasteiger partial charge in [-0.2, -0.15) is 0 Å². The van der Waals surface area contributed by atoms with Crippen LogP contribution in [0.1, 0.15) is 98.5 Å². The average Bonchev–Trinajstić information content (AvgIpc) is 3.21. The van der Waals surface area contributed by atoms with Gasteiger partial charge >= 0.3 is 0 Å². The van der Waals surface area contributed by atoms with Crippen molar-refractivity contribution in [1.82, 2.24) is 5.32 Å². The number of benzene rings is 2. The molecule has 0 bridgehead atoms. The number of hydrogen-bond acceptors (Lipinski definition) is 2. The van der Waals surface area contributed by atoms with E-state index in [0.29, 0.717) is 12.2 Å². The van der Waals surface area contributed by atoms with Crippen molar-refractivity contribution < 1.29 is 9.21 Å². The summed E-state index contributed by atoms with van der Waals surface area (Å²) in [5.41, 5.74) is 6.69. The Kier molecular flexibility index (Phi) is 6.27. The first-order chi connectivity index (χ1) is 15.9. The highest BCUT2D eigenvalue weighted by atomic mass is 16.3. The predicted molar refractivity (Wildman–Crippen MR) is 140 cm³/mol. The van der Waals surface area contributed by atoms with Crippen LogP contribution in [0.4, 0.5) is 0 Å². The first-order valence-corrected chi connectivity index (χ1v) is 12.5. The van der Waals surface area contributed by atoms with Gasteiger partial charge in [0, 0.05) is 12.0 Å². The summed E-state index contributed by atoms with van der Waals surface area (Å²) >= 11 is 0. The van der Waals surface area contributed by atoms with Gasteiger partial charge in [-0.05, 0) is 90.8 Å². The fourth-order valence-electron chi connectivity index (χ4n) is 5.26. The minimum absolute atomic E-state index is 0.169. The maximum Gasteiger partial charge on any atom is 0.287 e. The Balaban J connectivity index is 1.50. The second kappa shape index (κ2) is 8.76. The molecule has 0 aliphatic heterocycles.